The first kappa shape index (κ1) is 22.9. The van der Waals surface area contributed by atoms with Crippen LogP contribution in [0.1, 0.15) is 61.9 Å². The van der Waals surface area contributed by atoms with Gasteiger partial charge in [-0.15, -0.1) is 0 Å². The lowest BCUT2D eigenvalue weighted by atomic mass is 9.94. The Morgan fingerprint density at radius 2 is 1.88 bits per heavy atom. The molecule has 5 heteroatoms. The molecule has 2 heterocycles. The molecule has 0 bridgehead atoms. The fourth-order valence-corrected chi connectivity index (χ4v) is 5.10. The Hall–Kier alpha value is -2.30. The van der Waals surface area contributed by atoms with E-state index in [1.54, 1.807) is 7.11 Å². The summed E-state index contributed by atoms with van der Waals surface area (Å²) in [5.41, 5.74) is 4.78. The summed E-state index contributed by atoms with van der Waals surface area (Å²) in [4.78, 5) is 7.43. The van der Waals surface area contributed by atoms with Crippen LogP contribution in [0.15, 0.2) is 48.5 Å². The summed E-state index contributed by atoms with van der Waals surface area (Å²) in [6, 6.07) is 17.2. The molecule has 0 aliphatic carbocycles. The molecule has 1 aliphatic rings. The van der Waals surface area contributed by atoms with E-state index in [0.29, 0.717) is 11.2 Å². The van der Waals surface area contributed by atoms with Crippen LogP contribution in [0.3, 0.4) is 0 Å². The molecule has 4 nitrogen and oxygen atoms in total. The quantitative estimate of drug-likeness (QED) is 0.367. The van der Waals surface area contributed by atoms with Crippen LogP contribution in [-0.2, 0) is 13.1 Å². The lowest BCUT2D eigenvalue weighted by Gasteiger charge is -2.36. The van der Waals surface area contributed by atoms with Crippen molar-refractivity contribution in [1.82, 2.24) is 14.5 Å². The zero-order chi connectivity index (χ0) is 22.5. The summed E-state index contributed by atoms with van der Waals surface area (Å²) >= 11 is 6.82. The van der Waals surface area contributed by atoms with Gasteiger partial charge in [0.1, 0.15) is 11.6 Å². The van der Waals surface area contributed by atoms with Crippen molar-refractivity contribution in [3.05, 3.63) is 70.5 Å². The van der Waals surface area contributed by atoms with E-state index < -0.39 is 0 Å². The number of piperidine rings is 1. The number of aromatic nitrogens is 2. The Labute approximate surface area is 197 Å². The minimum absolute atomic E-state index is 0.326. The fourth-order valence-electron chi connectivity index (χ4n) is 4.86. The maximum atomic E-state index is 6.82. The molecule has 170 valence electrons. The normalized spacial score (nSPS) is 16.9. The van der Waals surface area contributed by atoms with Gasteiger partial charge in [0.2, 0.25) is 0 Å². The zero-order valence-electron chi connectivity index (χ0n) is 19.5. The van der Waals surface area contributed by atoms with Crippen LogP contribution in [0.25, 0.3) is 11.4 Å². The minimum atomic E-state index is 0.326. The smallest absolute Gasteiger partial charge is 0.152 e. The highest BCUT2D eigenvalue weighted by Gasteiger charge is 2.29. The van der Waals surface area contributed by atoms with Crippen molar-refractivity contribution >= 4 is 11.6 Å². The van der Waals surface area contributed by atoms with E-state index in [0.717, 1.165) is 61.7 Å². The molecule has 3 aromatic rings. The zero-order valence-corrected chi connectivity index (χ0v) is 20.2. The van der Waals surface area contributed by atoms with Gasteiger partial charge in [0.05, 0.1) is 12.8 Å². The number of likely N-dealkylation sites (tertiary alicyclic amines) is 1. The number of hydrogen-bond acceptors (Lipinski definition) is 3. The van der Waals surface area contributed by atoms with Crippen LogP contribution in [0, 0.1) is 6.92 Å². The van der Waals surface area contributed by atoms with E-state index in [1.807, 2.05) is 6.07 Å². The highest BCUT2D eigenvalue weighted by atomic mass is 35.5. The number of rotatable bonds is 8. The largest absolute Gasteiger partial charge is 0.496 e. The Morgan fingerprint density at radius 1 is 1.09 bits per heavy atom. The van der Waals surface area contributed by atoms with Crippen molar-refractivity contribution in [2.45, 2.75) is 65.1 Å². The lowest BCUT2D eigenvalue weighted by Crippen LogP contribution is -2.34. The SMILES string of the molecule is CCCCn1c(-c2ccccc2C)nc(Cl)c1CN1CCCCC1c1ccccc1OC. The Morgan fingerprint density at radius 3 is 2.66 bits per heavy atom. The van der Waals surface area contributed by atoms with Crippen molar-refractivity contribution in [2.75, 3.05) is 13.7 Å². The highest BCUT2D eigenvalue weighted by molar-refractivity contribution is 6.30. The second-order valence-electron chi connectivity index (χ2n) is 8.72. The lowest BCUT2D eigenvalue weighted by molar-refractivity contribution is 0.134. The van der Waals surface area contributed by atoms with Crippen LogP contribution < -0.4 is 4.74 Å². The van der Waals surface area contributed by atoms with E-state index in [9.17, 15) is 0 Å². The van der Waals surface area contributed by atoms with Gasteiger partial charge < -0.3 is 9.30 Å². The predicted octanol–water partition coefficient (Wildman–Crippen LogP) is 7.05. The number of imidazole rings is 1. The van der Waals surface area contributed by atoms with Gasteiger partial charge in [-0.2, -0.15) is 0 Å². The van der Waals surface area contributed by atoms with Crippen molar-refractivity contribution in [3.63, 3.8) is 0 Å². The third-order valence-electron chi connectivity index (χ3n) is 6.61. The van der Waals surface area contributed by atoms with Crippen LogP contribution in [0.4, 0.5) is 0 Å². The number of aryl methyl sites for hydroxylation is 1. The van der Waals surface area contributed by atoms with Crippen molar-refractivity contribution in [1.29, 1.82) is 0 Å². The minimum Gasteiger partial charge on any atom is -0.496 e. The highest BCUT2D eigenvalue weighted by Crippen LogP contribution is 2.38. The second kappa shape index (κ2) is 10.5. The topological polar surface area (TPSA) is 30.3 Å². The summed E-state index contributed by atoms with van der Waals surface area (Å²) in [5, 5.41) is 0.628. The van der Waals surface area contributed by atoms with E-state index in [2.05, 4.69) is 65.8 Å². The number of ether oxygens (including phenoxy) is 1. The number of benzene rings is 2. The van der Waals surface area contributed by atoms with Crippen LogP contribution in [0.5, 0.6) is 5.75 Å². The number of nitrogens with zero attached hydrogens (tertiary/aromatic N) is 3. The molecular formula is C27H34ClN3O. The molecule has 0 amide bonds. The fraction of sp³-hybridized carbons (Fsp3) is 0.444. The molecule has 0 radical (unpaired) electrons. The van der Waals surface area contributed by atoms with E-state index >= 15 is 0 Å². The number of para-hydroxylation sites is 1. The molecule has 1 aliphatic heterocycles. The van der Waals surface area contributed by atoms with Gasteiger partial charge in [-0.3, -0.25) is 4.90 Å². The van der Waals surface area contributed by atoms with Crippen LogP contribution in [0.2, 0.25) is 5.15 Å². The maximum absolute atomic E-state index is 6.82. The first-order chi connectivity index (χ1) is 15.6. The molecule has 1 fully saturated rings. The molecule has 1 atom stereocenters. The average Bonchev–Trinajstić information content (AvgIpc) is 3.13. The summed E-state index contributed by atoms with van der Waals surface area (Å²) < 4.78 is 8.07. The third-order valence-corrected chi connectivity index (χ3v) is 6.91. The monoisotopic (exact) mass is 451 g/mol. The van der Waals surface area contributed by atoms with Crippen molar-refractivity contribution < 1.29 is 4.74 Å². The summed E-state index contributed by atoms with van der Waals surface area (Å²) in [6.07, 6.45) is 5.81. The van der Waals surface area contributed by atoms with E-state index in [4.69, 9.17) is 21.3 Å². The first-order valence-electron chi connectivity index (χ1n) is 11.8. The van der Waals surface area contributed by atoms with Gasteiger partial charge >= 0.3 is 0 Å². The molecule has 0 saturated carbocycles. The Bertz CT molecular complexity index is 1050. The molecule has 1 aromatic heterocycles. The molecule has 1 saturated heterocycles. The Kier molecular flexibility index (Phi) is 7.54. The molecular weight excluding hydrogens is 418 g/mol. The van der Waals surface area contributed by atoms with Gasteiger partial charge in [-0.05, 0) is 44.4 Å². The summed E-state index contributed by atoms with van der Waals surface area (Å²) in [5.74, 6) is 1.96. The Balaban J connectivity index is 1.71. The van der Waals surface area contributed by atoms with Crippen molar-refractivity contribution in [3.8, 4) is 17.1 Å². The number of unbranched alkanes of at least 4 members (excludes halogenated alkanes) is 1. The second-order valence-corrected chi connectivity index (χ2v) is 9.08. The first-order valence-corrected chi connectivity index (χ1v) is 12.2. The van der Waals surface area contributed by atoms with E-state index in [1.165, 1.54) is 24.0 Å². The third kappa shape index (κ3) is 4.72. The van der Waals surface area contributed by atoms with Gasteiger partial charge in [0.25, 0.3) is 0 Å². The molecule has 0 N–H and O–H groups in total. The van der Waals surface area contributed by atoms with Gasteiger partial charge in [-0.25, -0.2) is 4.98 Å². The summed E-state index contributed by atoms with van der Waals surface area (Å²) in [7, 11) is 1.76. The molecule has 32 heavy (non-hydrogen) atoms. The van der Waals surface area contributed by atoms with Crippen LogP contribution in [-0.4, -0.2) is 28.1 Å². The molecule has 1 unspecified atom stereocenters. The average molecular weight is 452 g/mol. The maximum Gasteiger partial charge on any atom is 0.152 e. The van der Waals surface area contributed by atoms with E-state index in [-0.39, 0.29) is 0 Å². The summed E-state index contributed by atoms with van der Waals surface area (Å²) in [6.45, 7) is 7.16. The predicted molar refractivity (Wildman–Crippen MR) is 132 cm³/mol. The standard InChI is InChI=1S/C27H34ClN3O/c1-4-5-18-31-24(26(28)29-27(31)21-13-7-6-12-20(21)2)19-30-17-11-10-15-23(30)22-14-8-9-16-25(22)32-3/h6-9,12-14,16,23H,4-5,10-11,15,17-19H2,1-3H3. The number of hydrogen-bond donors (Lipinski definition) is 0. The molecule has 4 rings (SSSR count). The van der Waals surface area contributed by atoms with Gasteiger partial charge in [0, 0.05) is 30.3 Å². The number of methoxy groups -OCH3 is 1. The number of halogens is 1. The van der Waals surface area contributed by atoms with Crippen molar-refractivity contribution in [2.24, 2.45) is 0 Å². The molecule has 2 aromatic carbocycles. The molecule has 0 spiro atoms. The van der Waals surface area contributed by atoms with Crippen LogP contribution >= 0.6 is 11.6 Å². The van der Waals surface area contributed by atoms with Gasteiger partial charge in [0.15, 0.2) is 5.15 Å². The van der Waals surface area contributed by atoms with Gasteiger partial charge in [-0.1, -0.05) is 73.8 Å².